The molecule has 1 aromatic carbocycles. The fourth-order valence-electron chi connectivity index (χ4n) is 4.98. The molecule has 2 heterocycles. The second-order valence-electron chi connectivity index (χ2n) is 9.27. The molecular weight excluding hydrogens is 433 g/mol. The molecule has 2 aliphatic rings. The number of anilines is 4. The van der Waals surface area contributed by atoms with Crippen molar-refractivity contribution >= 4 is 23.5 Å². The highest BCUT2D eigenvalue weighted by Crippen LogP contribution is 2.25. The van der Waals surface area contributed by atoms with Crippen LogP contribution in [0, 0.1) is 5.82 Å². The van der Waals surface area contributed by atoms with Crippen LogP contribution >= 0.6 is 0 Å². The van der Waals surface area contributed by atoms with Crippen molar-refractivity contribution in [1.82, 2.24) is 19.9 Å². The summed E-state index contributed by atoms with van der Waals surface area (Å²) < 4.78 is 19.0. The van der Waals surface area contributed by atoms with Gasteiger partial charge in [0.2, 0.25) is 17.8 Å². The number of nitrogens with one attached hydrogen (secondary N) is 3. The highest BCUT2D eigenvalue weighted by atomic mass is 19.1. The number of likely N-dealkylation sites (N-methyl/N-ethyl adjacent to an activating group) is 1. The van der Waals surface area contributed by atoms with E-state index >= 15 is 0 Å². The number of hydrogen-bond acceptors (Lipinski definition) is 8. The predicted octanol–water partition coefficient (Wildman–Crippen LogP) is 5.18. The normalized spacial score (nSPS) is 19.9. The number of hydrogen-bond donors (Lipinski definition) is 3. The molecule has 4 rings (SSSR count). The molecule has 0 spiro atoms. The quantitative estimate of drug-likeness (QED) is 0.461. The van der Waals surface area contributed by atoms with Crippen LogP contribution in [-0.2, 0) is 0 Å². The van der Waals surface area contributed by atoms with E-state index in [1.165, 1.54) is 58.1 Å². The van der Waals surface area contributed by atoms with Gasteiger partial charge in [-0.1, -0.05) is 39.0 Å². The molecule has 9 heteroatoms. The zero-order valence-electron chi connectivity index (χ0n) is 20.4. The maximum Gasteiger partial charge on any atom is 0.233 e. The SMILES string of the molecule is CCN1CCCC1CNc1nc(Nc2ccc(F)c(OC)c2)nc(NC2CCCCCCC2)n1. The first-order chi connectivity index (χ1) is 16.6. The third-order valence-corrected chi connectivity index (χ3v) is 6.88. The van der Waals surface area contributed by atoms with Crippen LogP contribution in [0.5, 0.6) is 5.75 Å². The lowest BCUT2D eigenvalue weighted by atomic mass is 9.97. The van der Waals surface area contributed by atoms with Gasteiger partial charge in [0.05, 0.1) is 7.11 Å². The maximum absolute atomic E-state index is 13.9. The standard InChI is InChI=1S/C25H38FN7O/c1-3-33-15-9-12-20(33)17-27-23-30-24(28-18-10-7-5-4-6-8-11-18)32-25(31-23)29-19-13-14-21(26)22(16-19)34-2/h13-14,16,18,20H,3-12,15,17H2,1-2H3,(H3,27,28,29,30,31,32). The van der Waals surface area contributed by atoms with Gasteiger partial charge in [0, 0.05) is 30.4 Å². The second kappa shape index (κ2) is 12.1. The van der Waals surface area contributed by atoms with Gasteiger partial charge in [0.1, 0.15) is 0 Å². The molecule has 1 aliphatic carbocycles. The predicted molar refractivity (Wildman–Crippen MR) is 135 cm³/mol. The Balaban J connectivity index is 1.52. The van der Waals surface area contributed by atoms with E-state index in [-0.39, 0.29) is 5.75 Å². The van der Waals surface area contributed by atoms with Crippen molar-refractivity contribution in [1.29, 1.82) is 0 Å². The van der Waals surface area contributed by atoms with Gasteiger partial charge in [-0.2, -0.15) is 15.0 Å². The number of ether oxygens (including phenoxy) is 1. The highest BCUT2D eigenvalue weighted by Gasteiger charge is 2.23. The van der Waals surface area contributed by atoms with E-state index in [0.717, 1.165) is 32.5 Å². The lowest BCUT2D eigenvalue weighted by Gasteiger charge is -2.23. The summed E-state index contributed by atoms with van der Waals surface area (Å²) in [6.07, 6.45) is 11.0. The van der Waals surface area contributed by atoms with Crippen molar-refractivity contribution in [3.63, 3.8) is 0 Å². The van der Waals surface area contributed by atoms with E-state index in [4.69, 9.17) is 9.72 Å². The molecule has 0 bridgehead atoms. The Labute approximate surface area is 202 Å². The van der Waals surface area contributed by atoms with Gasteiger partial charge in [-0.05, 0) is 50.9 Å². The van der Waals surface area contributed by atoms with E-state index in [2.05, 4.69) is 37.7 Å². The number of halogens is 1. The van der Waals surface area contributed by atoms with Crippen LogP contribution in [0.2, 0.25) is 0 Å². The maximum atomic E-state index is 13.9. The Bertz CT molecular complexity index is 920. The molecule has 8 nitrogen and oxygen atoms in total. The third-order valence-electron chi connectivity index (χ3n) is 6.88. The first-order valence-electron chi connectivity index (χ1n) is 12.8. The van der Waals surface area contributed by atoms with E-state index in [1.54, 1.807) is 12.1 Å². The van der Waals surface area contributed by atoms with Crippen LogP contribution in [0.4, 0.5) is 27.9 Å². The zero-order chi connectivity index (χ0) is 23.8. The van der Waals surface area contributed by atoms with Gasteiger partial charge in [0.25, 0.3) is 0 Å². The molecule has 2 aromatic rings. The number of likely N-dealkylation sites (tertiary alicyclic amines) is 1. The average molecular weight is 472 g/mol. The molecule has 1 saturated carbocycles. The Hall–Kier alpha value is -2.68. The molecule has 186 valence electrons. The monoisotopic (exact) mass is 471 g/mol. The highest BCUT2D eigenvalue weighted by molar-refractivity contribution is 5.58. The van der Waals surface area contributed by atoms with E-state index in [1.807, 2.05) is 0 Å². The lowest BCUT2D eigenvalue weighted by molar-refractivity contribution is 0.277. The van der Waals surface area contributed by atoms with Crippen molar-refractivity contribution in [2.24, 2.45) is 0 Å². The van der Waals surface area contributed by atoms with Crippen molar-refractivity contribution in [3.05, 3.63) is 24.0 Å². The number of aromatic nitrogens is 3. The molecular formula is C25H38FN7O. The fourth-order valence-corrected chi connectivity index (χ4v) is 4.98. The molecule has 0 radical (unpaired) electrons. The van der Waals surface area contributed by atoms with Crippen LogP contribution in [-0.4, -0.2) is 58.7 Å². The topological polar surface area (TPSA) is 87.2 Å². The zero-order valence-corrected chi connectivity index (χ0v) is 20.4. The molecule has 1 atom stereocenters. The molecule has 2 fully saturated rings. The number of rotatable bonds is 9. The first kappa shape index (κ1) is 24.4. The van der Waals surface area contributed by atoms with Crippen molar-refractivity contribution in [2.75, 3.05) is 42.7 Å². The van der Waals surface area contributed by atoms with Gasteiger partial charge in [0.15, 0.2) is 11.6 Å². The van der Waals surface area contributed by atoms with Crippen LogP contribution in [0.15, 0.2) is 18.2 Å². The largest absolute Gasteiger partial charge is 0.494 e. The van der Waals surface area contributed by atoms with E-state index in [0.29, 0.717) is 35.6 Å². The minimum Gasteiger partial charge on any atom is -0.494 e. The van der Waals surface area contributed by atoms with Crippen LogP contribution in [0.1, 0.15) is 64.7 Å². The summed E-state index contributed by atoms with van der Waals surface area (Å²) in [7, 11) is 1.45. The van der Waals surface area contributed by atoms with Crippen molar-refractivity contribution in [2.45, 2.75) is 76.8 Å². The molecule has 0 amide bonds. The van der Waals surface area contributed by atoms with Gasteiger partial charge in [-0.3, -0.25) is 4.90 Å². The summed E-state index contributed by atoms with van der Waals surface area (Å²) in [6, 6.07) is 5.47. The molecule has 1 saturated heterocycles. The van der Waals surface area contributed by atoms with Gasteiger partial charge >= 0.3 is 0 Å². The summed E-state index contributed by atoms with van der Waals surface area (Å²) in [6.45, 7) is 5.20. The summed E-state index contributed by atoms with van der Waals surface area (Å²) in [5.74, 6) is 1.29. The van der Waals surface area contributed by atoms with Crippen LogP contribution in [0.25, 0.3) is 0 Å². The van der Waals surface area contributed by atoms with Crippen molar-refractivity contribution in [3.8, 4) is 5.75 Å². The lowest BCUT2D eigenvalue weighted by Crippen LogP contribution is -2.35. The van der Waals surface area contributed by atoms with Crippen LogP contribution < -0.4 is 20.7 Å². The van der Waals surface area contributed by atoms with Gasteiger partial charge < -0.3 is 20.7 Å². The van der Waals surface area contributed by atoms with Crippen molar-refractivity contribution < 1.29 is 9.13 Å². The third kappa shape index (κ3) is 6.68. The smallest absolute Gasteiger partial charge is 0.233 e. The Morgan fingerprint density at radius 2 is 1.71 bits per heavy atom. The van der Waals surface area contributed by atoms with E-state index < -0.39 is 5.82 Å². The minimum atomic E-state index is -0.408. The Morgan fingerprint density at radius 3 is 2.47 bits per heavy atom. The summed E-state index contributed by atoms with van der Waals surface area (Å²) in [5, 5.41) is 10.2. The Morgan fingerprint density at radius 1 is 0.971 bits per heavy atom. The molecule has 1 aliphatic heterocycles. The number of methoxy groups -OCH3 is 1. The van der Waals surface area contributed by atoms with Crippen LogP contribution in [0.3, 0.4) is 0 Å². The average Bonchev–Trinajstić information content (AvgIpc) is 3.28. The molecule has 34 heavy (non-hydrogen) atoms. The fraction of sp³-hybridized carbons (Fsp3) is 0.640. The van der Waals surface area contributed by atoms with Gasteiger partial charge in [-0.25, -0.2) is 4.39 Å². The van der Waals surface area contributed by atoms with Gasteiger partial charge in [-0.15, -0.1) is 0 Å². The second-order valence-corrected chi connectivity index (χ2v) is 9.27. The minimum absolute atomic E-state index is 0.172. The molecule has 1 unspecified atom stereocenters. The number of benzene rings is 1. The summed E-state index contributed by atoms with van der Waals surface area (Å²) in [5.41, 5.74) is 0.653. The first-order valence-corrected chi connectivity index (χ1v) is 12.8. The Kier molecular flexibility index (Phi) is 8.73. The molecule has 1 aromatic heterocycles. The molecule has 3 N–H and O–H groups in total. The number of nitrogens with zero attached hydrogens (tertiary/aromatic N) is 4. The summed E-state index contributed by atoms with van der Waals surface area (Å²) in [4.78, 5) is 16.4. The van der Waals surface area contributed by atoms with E-state index in [9.17, 15) is 4.39 Å². The summed E-state index contributed by atoms with van der Waals surface area (Å²) >= 11 is 0.